The fourth-order valence-corrected chi connectivity index (χ4v) is 9.88. The number of likely N-dealkylation sites (tertiary alicyclic amines) is 1. The van der Waals surface area contributed by atoms with Crippen LogP contribution in [0.15, 0.2) is 54.1 Å². The quantitative estimate of drug-likeness (QED) is 0.0677. The summed E-state index contributed by atoms with van der Waals surface area (Å²) in [4.78, 5) is 75.2. The van der Waals surface area contributed by atoms with Crippen molar-refractivity contribution in [3.8, 4) is 34.8 Å². The normalized spacial score (nSPS) is 20.3. The summed E-state index contributed by atoms with van der Waals surface area (Å²) in [5.74, 6) is 1.61. The van der Waals surface area contributed by atoms with Crippen molar-refractivity contribution in [1.29, 1.82) is 10.7 Å². The number of nitriles is 1. The number of carbonyl (C=O) groups excluding carboxylic acids is 5. The van der Waals surface area contributed by atoms with Crippen LogP contribution >= 0.6 is 0 Å². The first-order chi connectivity index (χ1) is 33.1. The molecule has 16 nitrogen and oxygen atoms in total. The number of hydrogen-bond donors (Lipinski definition) is 4. The summed E-state index contributed by atoms with van der Waals surface area (Å²) >= 11 is 0. The zero-order valence-corrected chi connectivity index (χ0v) is 42.4. The molecule has 70 heavy (non-hydrogen) atoms. The predicted octanol–water partition coefficient (Wildman–Crippen LogP) is 5.33. The summed E-state index contributed by atoms with van der Waals surface area (Å²) in [5, 5.41) is 35.5. The fourth-order valence-electron chi connectivity index (χ4n) is 9.88. The monoisotopic (exact) mass is 956 g/mol. The number of carbonyl (C=O) groups is 5. The van der Waals surface area contributed by atoms with E-state index in [1.165, 1.54) is 28.1 Å². The number of phenolic OH excluding ortho intramolecular Hbond substituents is 1. The molecule has 4 atom stereocenters. The number of esters is 1. The van der Waals surface area contributed by atoms with Crippen LogP contribution in [-0.4, -0.2) is 137 Å². The maximum absolute atomic E-state index is 14.8. The van der Waals surface area contributed by atoms with E-state index < -0.39 is 65.0 Å². The number of benzene rings is 2. The first-order valence-corrected chi connectivity index (χ1v) is 24.1. The second-order valence-corrected chi connectivity index (χ2v) is 20.5. The number of likely N-dealkylation sites (N-methyl/N-ethyl adjacent to an activating group) is 1. The van der Waals surface area contributed by atoms with Crippen LogP contribution in [0.3, 0.4) is 0 Å². The van der Waals surface area contributed by atoms with Crippen LogP contribution in [0, 0.1) is 51.7 Å². The molecule has 4 amide bonds. The zero-order chi connectivity index (χ0) is 51.4. The van der Waals surface area contributed by atoms with E-state index in [1.807, 2.05) is 77.9 Å². The number of cyclic esters (lactones) is 1. The van der Waals surface area contributed by atoms with Gasteiger partial charge in [-0.25, -0.2) is 5.43 Å². The highest BCUT2D eigenvalue weighted by Crippen LogP contribution is 2.40. The molecule has 2 saturated heterocycles. The van der Waals surface area contributed by atoms with Crippen molar-refractivity contribution >= 4 is 52.3 Å². The molecule has 3 aromatic rings. The van der Waals surface area contributed by atoms with Gasteiger partial charge >= 0.3 is 5.97 Å². The molecule has 0 radical (unpaired) electrons. The highest BCUT2D eigenvalue weighted by Gasteiger charge is 2.41. The Bertz CT molecular complexity index is 2710. The van der Waals surface area contributed by atoms with E-state index in [-0.39, 0.29) is 44.3 Å². The van der Waals surface area contributed by atoms with Gasteiger partial charge in [0.2, 0.25) is 11.8 Å². The number of ether oxygens (including phenoxy) is 1. The van der Waals surface area contributed by atoms with Crippen molar-refractivity contribution in [3.05, 3.63) is 70.9 Å². The smallest absolute Gasteiger partial charge is 0.324 e. The lowest BCUT2D eigenvalue weighted by atomic mass is 9.83. The molecule has 4 N–H and O–H groups in total. The lowest BCUT2D eigenvalue weighted by Crippen LogP contribution is -2.62. The second-order valence-electron chi connectivity index (χ2n) is 20.5. The highest BCUT2D eigenvalue weighted by atomic mass is 16.5. The van der Waals surface area contributed by atoms with Crippen LogP contribution in [0.1, 0.15) is 78.1 Å². The van der Waals surface area contributed by atoms with Gasteiger partial charge < -0.3 is 34.9 Å². The van der Waals surface area contributed by atoms with E-state index >= 15 is 0 Å². The van der Waals surface area contributed by atoms with Crippen LogP contribution in [0.25, 0.3) is 27.6 Å². The number of phenols is 1. The van der Waals surface area contributed by atoms with Gasteiger partial charge in [-0.3, -0.25) is 33.9 Å². The summed E-state index contributed by atoms with van der Waals surface area (Å²) < 4.78 is 8.17. The van der Waals surface area contributed by atoms with E-state index in [1.54, 1.807) is 26.0 Å². The SMILES string of the molecule is C=C1CN(C(=O)C#CCN(C)C)C[C@H]1C(=O)N(C)[C@H](C(=O)N[C@H]1Cc2cc(O)cc(c2)-c2ccc3c(c2)c(c(/C(C=N)=C(/C#N)C(C)C)n3CC)CC(C)(C)COC(=O)[C@@H]2CCCN(N2)C1=O)C(C)C. The van der Waals surface area contributed by atoms with Crippen LogP contribution in [0.4, 0.5) is 0 Å². The topological polar surface area (TPSA) is 204 Å². The van der Waals surface area contributed by atoms with Gasteiger partial charge in [0.05, 0.1) is 30.8 Å². The molecule has 3 aliphatic rings. The number of aromatic nitrogens is 1. The number of fused-ring (bicyclic) bond motifs is 6. The molecule has 0 aliphatic carbocycles. The van der Waals surface area contributed by atoms with Gasteiger partial charge in [-0.2, -0.15) is 5.26 Å². The minimum Gasteiger partial charge on any atom is -0.508 e. The zero-order valence-electron chi connectivity index (χ0n) is 42.4. The largest absolute Gasteiger partial charge is 0.508 e. The van der Waals surface area contributed by atoms with Crippen molar-refractivity contribution in [2.45, 2.75) is 98.8 Å². The molecule has 16 heteroatoms. The lowest BCUT2D eigenvalue weighted by Gasteiger charge is -2.37. The molecule has 4 heterocycles. The van der Waals surface area contributed by atoms with Gasteiger partial charge in [0, 0.05) is 73.3 Å². The molecular formula is C54H69N9O7. The Morgan fingerprint density at radius 3 is 2.47 bits per heavy atom. The number of hydrogen-bond acceptors (Lipinski definition) is 11. The Morgan fingerprint density at radius 2 is 1.83 bits per heavy atom. The van der Waals surface area contributed by atoms with E-state index in [9.17, 15) is 34.3 Å². The summed E-state index contributed by atoms with van der Waals surface area (Å²) in [6, 6.07) is 10.3. The molecule has 2 aromatic carbocycles. The molecule has 6 rings (SSSR count). The van der Waals surface area contributed by atoms with E-state index in [2.05, 4.69) is 39.8 Å². The molecule has 0 saturated carbocycles. The Morgan fingerprint density at radius 1 is 1.10 bits per heavy atom. The fraction of sp³-hybridized carbons (Fsp3) is 0.500. The number of allylic oxidation sites excluding steroid dienone is 2. The Kier molecular flexibility index (Phi) is 16.5. The minimum atomic E-state index is -1.22. The Balaban J connectivity index is 1.41. The summed E-state index contributed by atoms with van der Waals surface area (Å²) in [5.41, 5.74) is 8.44. The molecular weight excluding hydrogens is 887 g/mol. The average Bonchev–Trinajstić information content (AvgIpc) is 3.84. The van der Waals surface area contributed by atoms with Crippen molar-refractivity contribution in [2.24, 2.45) is 23.2 Å². The number of aryl methyl sites for hydroxylation is 1. The standard InChI is InChI=1S/C54H69N9O7/c1-12-62-46-18-17-36-25-39(46)40(49(62)42(28-56)41(27-55)32(2)3)26-54(7,8)31-70-53(69)44-15-13-20-63(58-44)52(68)45(23-35-21-37(36)24-38(64)22-35)57-50(66)48(33(4)5)60(11)51(67)43-30-61(29-34(43)6)47(65)16-14-19-59(9)10/h17-18,21-22,24-25,28,32-33,43-45,48,56,58,64H,6,12-13,15,19-20,23,26,29-31H2,1-5,7-11H3,(H,57,66)/b42-41-,56-28?/t43-,44+,45+,48+/m1/s1. The van der Waals surface area contributed by atoms with Crippen molar-refractivity contribution < 1.29 is 33.8 Å². The molecule has 2 fully saturated rings. The van der Waals surface area contributed by atoms with Gasteiger partial charge in [-0.15, -0.1) is 0 Å². The minimum absolute atomic E-state index is 0.0274. The number of rotatable bonds is 10. The molecule has 372 valence electrons. The van der Waals surface area contributed by atoms with Crippen molar-refractivity contribution in [3.63, 3.8) is 0 Å². The predicted molar refractivity (Wildman–Crippen MR) is 270 cm³/mol. The van der Waals surface area contributed by atoms with Crippen LogP contribution < -0.4 is 10.7 Å². The number of nitrogens with zero attached hydrogens (tertiary/aromatic N) is 6. The third-order valence-corrected chi connectivity index (χ3v) is 13.4. The first-order valence-electron chi connectivity index (χ1n) is 24.1. The van der Waals surface area contributed by atoms with Gasteiger partial charge in [-0.1, -0.05) is 66.2 Å². The van der Waals surface area contributed by atoms with Gasteiger partial charge in [-0.05, 0) is 110 Å². The van der Waals surface area contributed by atoms with Crippen molar-refractivity contribution in [1.82, 2.24) is 35.0 Å². The van der Waals surface area contributed by atoms with E-state index in [4.69, 9.17) is 10.1 Å². The third kappa shape index (κ3) is 11.5. The average molecular weight is 956 g/mol. The number of nitrogens with one attached hydrogen (secondary N) is 3. The summed E-state index contributed by atoms with van der Waals surface area (Å²) in [7, 11) is 5.23. The Labute approximate surface area is 412 Å². The van der Waals surface area contributed by atoms with Crippen molar-refractivity contribution in [2.75, 3.05) is 53.9 Å². The van der Waals surface area contributed by atoms with E-state index in [0.717, 1.165) is 27.7 Å². The molecule has 0 unspecified atom stereocenters. The van der Waals surface area contributed by atoms with Gasteiger partial charge in [0.1, 0.15) is 23.9 Å². The summed E-state index contributed by atoms with van der Waals surface area (Å²) in [6.07, 6.45) is 2.47. The summed E-state index contributed by atoms with van der Waals surface area (Å²) in [6.45, 7) is 19.0. The number of hydrazine groups is 1. The number of aromatic hydroxyl groups is 1. The van der Waals surface area contributed by atoms with Crippen LogP contribution in [-0.2, 0) is 48.1 Å². The second kappa shape index (κ2) is 21.9. The molecule has 1 aromatic heterocycles. The van der Waals surface area contributed by atoms with E-state index in [0.29, 0.717) is 60.2 Å². The maximum atomic E-state index is 14.8. The molecule has 6 bridgehead atoms. The molecule has 3 aliphatic heterocycles. The maximum Gasteiger partial charge on any atom is 0.324 e. The van der Waals surface area contributed by atoms with Crippen LogP contribution in [0.5, 0.6) is 5.75 Å². The lowest BCUT2D eigenvalue weighted by molar-refractivity contribution is -0.155. The first kappa shape index (κ1) is 52.6. The van der Waals surface area contributed by atoms with Gasteiger partial charge in [0.25, 0.3) is 11.8 Å². The number of amides is 4. The third-order valence-electron chi connectivity index (χ3n) is 13.4. The highest BCUT2D eigenvalue weighted by molar-refractivity contribution is 6.13. The van der Waals surface area contributed by atoms with Gasteiger partial charge in [0.15, 0.2) is 0 Å². The molecule has 0 spiro atoms. The Hall–Kier alpha value is -6.75. The van der Waals surface area contributed by atoms with Crippen LogP contribution in [0.2, 0.25) is 0 Å².